The molecule has 0 aromatic heterocycles. The van der Waals surface area contributed by atoms with Crippen molar-refractivity contribution in [3.8, 4) is 0 Å². The molecule has 0 aliphatic heterocycles. The third-order valence-corrected chi connectivity index (χ3v) is 28.5. The summed E-state index contributed by atoms with van der Waals surface area (Å²) >= 11 is 0. The van der Waals surface area contributed by atoms with E-state index in [4.69, 9.17) is 13.3 Å². The fourth-order valence-corrected chi connectivity index (χ4v) is 12.4. The molecule has 3 saturated carbocycles. The average molecular weight is 759 g/mol. The van der Waals surface area contributed by atoms with Gasteiger partial charge in [-0.15, -0.1) is 0 Å². The normalized spacial score (nSPS) is 28.7. The first-order valence-electron chi connectivity index (χ1n) is 21.1. The molecule has 6 heteroatoms. The van der Waals surface area contributed by atoms with E-state index in [-0.39, 0.29) is 27.3 Å². The summed E-state index contributed by atoms with van der Waals surface area (Å²) < 4.78 is 21.5. The summed E-state index contributed by atoms with van der Waals surface area (Å²) in [6.45, 7) is 46.5. The predicted molar refractivity (Wildman–Crippen MR) is 232 cm³/mol. The molecule has 3 nitrogen and oxygen atoms in total. The molecule has 296 valence electrons. The quantitative estimate of drug-likeness (QED) is 0.113. The number of hydrogen-bond donors (Lipinski definition) is 0. The number of rotatable bonds is 12. The van der Waals surface area contributed by atoms with Crippen LogP contribution in [0.15, 0.2) is 34.9 Å². The molecule has 3 rings (SSSR count). The van der Waals surface area contributed by atoms with Crippen LogP contribution in [0.5, 0.6) is 0 Å². The minimum Gasteiger partial charge on any atom is -0.417 e. The van der Waals surface area contributed by atoms with Gasteiger partial charge >= 0.3 is 0 Å². The van der Waals surface area contributed by atoms with Gasteiger partial charge in [0.15, 0.2) is 25.0 Å². The Hall–Kier alpha value is -0.249. The Kier molecular flexibility index (Phi) is 14.6. The van der Waals surface area contributed by atoms with Crippen molar-refractivity contribution in [1.29, 1.82) is 0 Å². The highest BCUT2D eigenvalue weighted by Crippen LogP contribution is 2.60. The van der Waals surface area contributed by atoms with Gasteiger partial charge in [-0.25, -0.2) is 0 Å². The molecule has 0 radical (unpaired) electrons. The maximum absolute atomic E-state index is 7.43. The van der Waals surface area contributed by atoms with Crippen molar-refractivity contribution in [2.45, 2.75) is 214 Å². The zero-order valence-corrected chi connectivity index (χ0v) is 40.5. The predicted octanol–water partition coefficient (Wildman–Crippen LogP) is 14.7. The van der Waals surface area contributed by atoms with E-state index in [0.717, 1.165) is 49.5 Å². The van der Waals surface area contributed by atoms with E-state index >= 15 is 0 Å². The summed E-state index contributed by atoms with van der Waals surface area (Å²) in [5.41, 5.74) is 5.08. The second-order valence-electron chi connectivity index (χ2n) is 22.5. The van der Waals surface area contributed by atoms with Crippen LogP contribution in [0.4, 0.5) is 0 Å². The largest absolute Gasteiger partial charge is 0.417 e. The molecule has 0 N–H and O–H groups in total. The van der Waals surface area contributed by atoms with Gasteiger partial charge in [0.25, 0.3) is 0 Å². The van der Waals surface area contributed by atoms with Gasteiger partial charge in [0.2, 0.25) is 0 Å². The Morgan fingerprint density at radius 1 is 0.745 bits per heavy atom. The first-order valence-corrected chi connectivity index (χ1v) is 29.8. The van der Waals surface area contributed by atoms with Crippen LogP contribution in [0, 0.1) is 29.1 Å². The van der Waals surface area contributed by atoms with E-state index in [2.05, 4.69) is 148 Å². The van der Waals surface area contributed by atoms with Crippen LogP contribution in [-0.2, 0) is 13.3 Å². The number of allylic oxidation sites excluding steroid dienone is 3. The molecule has 0 amide bonds. The summed E-state index contributed by atoms with van der Waals surface area (Å²) in [4.78, 5) is 0. The van der Waals surface area contributed by atoms with Crippen LogP contribution in [0.2, 0.25) is 54.4 Å². The molecule has 0 spiro atoms. The smallest absolute Gasteiger partial charge is 0.192 e. The molecule has 3 aliphatic rings. The van der Waals surface area contributed by atoms with Crippen LogP contribution < -0.4 is 0 Å². The van der Waals surface area contributed by atoms with Crippen molar-refractivity contribution in [2.24, 2.45) is 29.1 Å². The lowest BCUT2D eigenvalue weighted by atomic mass is 9.60. The van der Waals surface area contributed by atoms with Crippen LogP contribution >= 0.6 is 0 Å². The molecule has 0 saturated heterocycles. The van der Waals surface area contributed by atoms with Gasteiger partial charge in [-0.2, -0.15) is 0 Å². The molecule has 0 bridgehead atoms. The topological polar surface area (TPSA) is 27.7 Å². The summed E-state index contributed by atoms with van der Waals surface area (Å²) in [6.07, 6.45) is 18.7. The Bertz CT molecular complexity index is 1210. The lowest BCUT2D eigenvalue weighted by Gasteiger charge is -2.46. The van der Waals surface area contributed by atoms with E-state index in [1.165, 1.54) is 49.7 Å². The van der Waals surface area contributed by atoms with Crippen LogP contribution in [0.3, 0.4) is 0 Å². The van der Waals surface area contributed by atoms with Gasteiger partial charge in [-0.1, -0.05) is 119 Å². The van der Waals surface area contributed by atoms with Gasteiger partial charge < -0.3 is 13.3 Å². The van der Waals surface area contributed by atoms with Gasteiger partial charge in [-0.3, -0.25) is 0 Å². The molecule has 0 aromatic carbocycles. The first-order chi connectivity index (χ1) is 23.0. The van der Waals surface area contributed by atoms with Crippen molar-refractivity contribution < 1.29 is 13.3 Å². The molecule has 3 fully saturated rings. The van der Waals surface area contributed by atoms with Crippen LogP contribution in [0.1, 0.15) is 148 Å². The molecule has 6 atom stereocenters. The SMILES string of the molecule is CC(C)C[C@@H](C)C1CCC2C(=CC=C3C[C@@H](O[Si](C)(C)C(C)(C)C)C(=CCCO[Si](C)(C)C(C)(C)C)[C@H](O[Si](C)(C)C(C)(C)C)C3)CCC[C@@]21C. The van der Waals surface area contributed by atoms with Crippen LogP contribution in [-0.4, -0.2) is 43.8 Å². The van der Waals surface area contributed by atoms with E-state index in [1.807, 2.05) is 0 Å². The maximum atomic E-state index is 7.43. The van der Waals surface area contributed by atoms with Gasteiger partial charge in [0.1, 0.15) is 0 Å². The lowest BCUT2D eigenvalue weighted by Crippen LogP contribution is -2.50. The van der Waals surface area contributed by atoms with E-state index < -0.39 is 25.0 Å². The van der Waals surface area contributed by atoms with E-state index in [9.17, 15) is 0 Å². The van der Waals surface area contributed by atoms with Gasteiger partial charge in [-0.05, 0) is 147 Å². The summed E-state index contributed by atoms with van der Waals surface area (Å²) in [6, 6.07) is 0. The molecule has 2 unspecified atom stereocenters. The Labute approximate surface area is 322 Å². The Morgan fingerprint density at radius 3 is 1.73 bits per heavy atom. The van der Waals surface area contributed by atoms with Crippen molar-refractivity contribution >= 4 is 25.0 Å². The number of fused-ring (bicyclic) bond motifs is 1. The summed E-state index contributed by atoms with van der Waals surface area (Å²) in [5.74, 6) is 3.19. The second-order valence-corrected chi connectivity index (χ2v) is 36.8. The van der Waals surface area contributed by atoms with E-state index in [1.54, 1.807) is 5.57 Å². The minimum atomic E-state index is -2.06. The standard InChI is InChI=1S/C45H86O3Si3/c1-33(2)30-34(3)38-26-27-39-36(22-20-28-45(38,39)13)25-24-35-31-40(47-50(16,17)43(7,8)9)37(23-21-29-46-49(14,15)42(4,5)6)41(32-35)48-51(18,19)44(10,11)12/h23-25,33-34,38-41H,20-22,26-32H2,1-19H3/t34-,38?,39?,40-,41-,45-/m1/s1. The van der Waals surface area contributed by atoms with Gasteiger partial charge in [0.05, 0.1) is 12.2 Å². The Morgan fingerprint density at radius 2 is 1.25 bits per heavy atom. The second kappa shape index (κ2) is 16.5. The molecule has 0 heterocycles. The van der Waals surface area contributed by atoms with E-state index in [0.29, 0.717) is 5.41 Å². The highest BCUT2D eigenvalue weighted by atomic mass is 28.4. The monoisotopic (exact) mass is 759 g/mol. The molecular weight excluding hydrogens is 673 g/mol. The molecule has 0 aromatic rings. The molecule has 3 aliphatic carbocycles. The zero-order valence-electron chi connectivity index (χ0n) is 37.5. The fraction of sp³-hybridized carbons (Fsp3) is 0.867. The highest BCUT2D eigenvalue weighted by Gasteiger charge is 2.51. The summed E-state index contributed by atoms with van der Waals surface area (Å²) in [7, 11) is -5.93. The minimum absolute atomic E-state index is 0.0521. The van der Waals surface area contributed by atoms with Crippen molar-refractivity contribution in [3.63, 3.8) is 0 Å². The third kappa shape index (κ3) is 11.0. The average Bonchev–Trinajstić information content (AvgIpc) is 3.30. The van der Waals surface area contributed by atoms with Gasteiger partial charge in [0, 0.05) is 6.61 Å². The first kappa shape index (κ1) is 45.1. The maximum Gasteiger partial charge on any atom is 0.192 e. The number of hydrogen-bond acceptors (Lipinski definition) is 3. The fourth-order valence-electron chi connectivity index (χ4n) is 8.79. The highest BCUT2D eigenvalue weighted by molar-refractivity contribution is 6.75. The molecule has 51 heavy (non-hydrogen) atoms. The van der Waals surface area contributed by atoms with Crippen LogP contribution in [0.25, 0.3) is 0 Å². The van der Waals surface area contributed by atoms with Crippen molar-refractivity contribution in [1.82, 2.24) is 0 Å². The third-order valence-electron chi connectivity index (χ3n) is 15.0. The van der Waals surface area contributed by atoms with Crippen molar-refractivity contribution in [2.75, 3.05) is 6.61 Å². The molecular formula is C45H86O3Si3. The van der Waals surface area contributed by atoms with Crippen molar-refractivity contribution in [3.05, 3.63) is 34.9 Å². The summed E-state index contributed by atoms with van der Waals surface area (Å²) in [5, 5.41) is 0.491. The zero-order chi connectivity index (χ0) is 39.0. The lowest BCUT2D eigenvalue weighted by molar-refractivity contribution is 0.0893. The Balaban J connectivity index is 2.03.